The molecule has 0 aliphatic heterocycles. The number of thiazole rings is 1. The minimum Gasteiger partial charge on any atom is -0.375 e. The van der Waals surface area contributed by atoms with E-state index in [9.17, 15) is 4.39 Å². The molecule has 1 aromatic heterocycles. The molecular formula is C12H13ClFN3S. The number of aromatic nitrogens is 1. The van der Waals surface area contributed by atoms with Gasteiger partial charge in [-0.3, -0.25) is 4.90 Å². The topological polar surface area (TPSA) is 42.2 Å². The first-order valence-electron chi connectivity index (χ1n) is 5.37. The molecule has 1 aromatic carbocycles. The summed E-state index contributed by atoms with van der Waals surface area (Å²) in [5.74, 6) is -0.318. The Labute approximate surface area is 114 Å². The summed E-state index contributed by atoms with van der Waals surface area (Å²) >= 11 is 7.45. The van der Waals surface area contributed by atoms with E-state index >= 15 is 0 Å². The molecule has 0 aliphatic rings. The second-order valence-corrected chi connectivity index (χ2v) is 5.63. The summed E-state index contributed by atoms with van der Waals surface area (Å²) in [6.45, 7) is 1.39. The Morgan fingerprint density at radius 1 is 1.44 bits per heavy atom. The largest absolute Gasteiger partial charge is 0.375 e. The molecule has 0 saturated heterocycles. The monoisotopic (exact) mass is 285 g/mol. The number of benzene rings is 1. The van der Waals surface area contributed by atoms with Gasteiger partial charge in [-0.1, -0.05) is 17.7 Å². The van der Waals surface area contributed by atoms with Crippen molar-refractivity contribution in [1.82, 2.24) is 9.88 Å². The minimum absolute atomic E-state index is 0.318. The van der Waals surface area contributed by atoms with Crippen LogP contribution < -0.4 is 5.73 Å². The van der Waals surface area contributed by atoms with Crippen molar-refractivity contribution in [2.24, 2.45) is 0 Å². The van der Waals surface area contributed by atoms with Crippen LogP contribution in [-0.4, -0.2) is 16.9 Å². The summed E-state index contributed by atoms with van der Waals surface area (Å²) in [5, 5.41) is 1.02. The van der Waals surface area contributed by atoms with E-state index < -0.39 is 0 Å². The second kappa shape index (κ2) is 5.65. The minimum atomic E-state index is -0.318. The van der Waals surface area contributed by atoms with Gasteiger partial charge >= 0.3 is 0 Å². The molecule has 0 unspecified atom stereocenters. The van der Waals surface area contributed by atoms with Crippen molar-refractivity contribution < 1.29 is 4.39 Å². The fourth-order valence-electron chi connectivity index (χ4n) is 1.66. The van der Waals surface area contributed by atoms with E-state index in [1.807, 2.05) is 7.05 Å². The standard InChI is InChI=1S/C12H13ClFN3S/c1-17(7-10-5-16-12(15)18-10)6-8-2-3-9(14)4-11(8)13/h2-5H,6-7H2,1H3,(H2,15,16). The zero-order valence-electron chi connectivity index (χ0n) is 9.86. The van der Waals surface area contributed by atoms with Gasteiger partial charge in [0.2, 0.25) is 0 Å². The number of nitrogens with two attached hydrogens (primary N) is 1. The Hall–Kier alpha value is -1.17. The number of halogens is 2. The lowest BCUT2D eigenvalue weighted by atomic mass is 10.2. The van der Waals surface area contributed by atoms with Crippen LogP contribution in [0.4, 0.5) is 9.52 Å². The maximum Gasteiger partial charge on any atom is 0.180 e. The van der Waals surface area contributed by atoms with E-state index in [0.717, 1.165) is 17.0 Å². The molecular weight excluding hydrogens is 273 g/mol. The Morgan fingerprint density at radius 3 is 2.83 bits per heavy atom. The first-order chi connectivity index (χ1) is 8.54. The molecule has 0 aliphatic carbocycles. The summed E-state index contributed by atoms with van der Waals surface area (Å²) in [4.78, 5) is 7.17. The van der Waals surface area contributed by atoms with E-state index in [1.54, 1.807) is 12.3 Å². The van der Waals surface area contributed by atoms with Crippen LogP contribution in [0.1, 0.15) is 10.4 Å². The summed E-state index contributed by atoms with van der Waals surface area (Å²) in [6.07, 6.45) is 1.77. The third-order valence-corrected chi connectivity index (χ3v) is 3.62. The summed E-state index contributed by atoms with van der Waals surface area (Å²) < 4.78 is 12.9. The van der Waals surface area contributed by atoms with Gasteiger partial charge in [0.05, 0.1) is 0 Å². The van der Waals surface area contributed by atoms with Crippen LogP contribution in [0.15, 0.2) is 24.4 Å². The molecule has 0 spiro atoms. The number of rotatable bonds is 4. The normalized spacial score (nSPS) is 11.1. The Kier molecular flexibility index (Phi) is 4.16. The maximum absolute atomic E-state index is 12.9. The third-order valence-electron chi connectivity index (χ3n) is 2.45. The molecule has 6 heteroatoms. The van der Waals surface area contributed by atoms with Gasteiger partial charge in [-0.2, -0.15) is 0 Å². The van der Waals surface area contributed by atoms with Crippen LogP contribution in [0.25, 0.3) is 0 Å². The van der Waals surface area contributed by atoms with E-state index in [2.05, 4.69) is 9.88 Å². The van der Waals surface area contributed by atoms with Crippen LogP contribution in [0.3, 0.4) is 0 Å². The quantitative estimate of drug-likeness (QED) is 0.938. The molecule has 2 N–H and O–H groups in total. The Bertz CT molecular complexity index is 544. The van der Waals surface area contributed by atoms with E-state index in [4.69, 9.17) is 17.3 Å². The van der Waals surface area contributed by atoms with Gasteiger partial charge in [0, 0.05) is 29.2 Å². The zero-order chi connectivity index (χ0) is 13.1. The highest BCUT2D eigenvalue weighted by molar-refractivity contribution is 7.15. The van der Waals surface area contributed by atoms with Crippen molar-refractivity contribution >= 4 is 28.1 Å². The van der Waals surface area contributed by atoms with Crippen molar-refractivity contribution in [3.05, 3.63) is 45.7 Å². The fourth-order valence-corrected chi connectivity index (χ4v) is 2.65. The van der Waals surface area contributed by atoms with Gasteiger partial charge in [0.15, 0.2) is 5.13 Å². The van der Waals surface area contributed by atoms with Crippen molar-refractivity contribution in [2.75, 3.05) is 12.8 Å². The van der Waals surface area contributed by atoms with Gasteiger partial charge in [0.1, 0.15) is 5.82 Å². The van der Waals surface area contributed by atoms with E-state index in [0.29, 0.717) is 16.7 Å². The smallest absolute Gasteiger partial charge is 0.180 e. The highest BCUT2D eigenvalue weighted by Gasteiger charge is 2.08. The molecule has 2 aromatic rings. The lowest BCUT2D eigenvalue weighted by Crippen LogP contribution is -2.16. The number of nitrogens with zero attached hydrogens (tertiary/aromatic N) is 2. The predicted octanol–water partition coefficient (Wildman–Crippen LogP) is 3.15. The summed E-state index contributed by atoms with van der Waals surface area (Å²) in [7, 11) is 1.97. The number of hydrogen-bond acceptors (Lipinski definition) is 4. The number of hydrogen-bond donors (Lipinski definition) is 1. The van der Waals surface area contributed by atoms with Crippen molar-refractivity contribution in [3.8, 4) is 0 Å². The predicted molar refractivity (Wildman–Crippen MR) is 73.1 cm³/mol. The lowest BCUT2D eigenvalue weighted by Gasteiger charge is -2.16. The maximum atomic E-state index is 12.9. The number of anilines is 1. The molecule has 3 nitrogen and oxygen atoms in total. The Morgan fingerprint density at radius 2 is 2.22 bits per heavy atom. The van der Waals surface area contributed by atoms with Gasteiger partial charge in [0.25, 0.3) is 0 Å². The average Bonchev–Trinajstić information content (AvgIpc) is 2.68. The first kappa shape index (κ1) is 13.3. The molecule has 0 saturated carbocycles. The van der Waals surface area contributed by atoms with E-state index in [-0.39, 0.29) is 5.82 Å². The molecule has 0 amide bonds. The van der Waals surface area contributed by atoms with Crippen LogP contribution in [0, 0.1) is 5.82 Å². The van der Waals surface area contributed by atoms with Crippen molar-refractivity contribution in [3.63, 3.8) is 0 Å². The molecule has 96 valence electrons. The summed E-state index contributed by atoms with van der Waals surface area (Å²) in [5.41, 5.74) is 6.47. The molecule has 0 atom stereocenters. The zero-order valence-corrected chi connectivity index (χ0v) is 11.4. The first-order valence-corrected chi connectivity index (χ1v) is 6.56. The molecule has 0 fully saturated rings. The number of nitrogen functional groups attached to an aromatic ring is 1. The third kappa shape index (κ3) is 3.41. The summed E-state index contributed by atoms with van der Waals surface area (Å²) in [6, 6.07) is 4.45. The Balaban J connectivity index is 2.00. The van der Waals surface area contributed by atoms with Crippen LogP contribution in [-0.2, 0) is 13.1 Å². The SMILES string of the molecule is CN(Cc1cnc(N)s1)Cc1ccc(F)cc1Cl. The molecule has 18 heavy (non-hydrogen) atoms. The molecule has 0 bridgehead atoms. The van der Waals surface area contributed by atoms with Gasteiger partial charge in [-0.15, -0.1) is 11.3 Å². The van der Waals surface area contributed by atoms with Crippen LogP contribution >= 0.6 is 22.9 Å². The fraction of sp³-hybridized carbons (Fsp3) is 0.250. The average molecular weight is 286 g/mol. The molecule has 2 rings (SSSR count). The lowest BCUT2D eigenvalue weighted by molar-refractivity contribution is 0.321. The highest BCUT2D eigenvalue weighted by atomic mass is 35.5. The van der Waals surface area contributed by atoms with Gasteiger partial charge in [-0.05, 0) is 24.7 Å². The van der Waals surface area contributed by atoms with Gasteiger partial charge < -0.3 is 5.73 Å². The molecule has 1 heterocycles. The van der Waals surface area contributed by atoms with Crippen LogP contribution in [0.2, 0.25) is 5.02 Å². The van der Waals surface area contributed by atoms with Crippen LogP contribution in [0.5, 0.6) is 0 Å². The molecule has 0 radical (unpaired) electrons. The second-order valence-electron chi connectivity index (χ2n) is 4.07. The van der Waals surface area contributed by atoms with Crippen molar-refractivity contribution in [1.29, 1.82) is 0 Å². The highest BCUT2D eigenvalue weighted by Crippen LogP contribution is 2.21. The van der Waals surface area contributed by atoms with Crippen molar-refractivity contribution in [2.45, 2.75) is 13.1 Å². The van der Waals surface area contributed by atoms with Gasteiger partial charge in [-0.25, -0.2) is 9.37 Å². The van der Waals surface area contributed by atoms with E-state index in [1.165, 1.54) is 23.5 Å².